The minimum atomic E-state index is -4.73. The average molecular weight is 460 g/mol. The lowest BCUT2D eigenvalue weighted by Crippen LogP contribution is -2.17. The Morgan fingerprint density at radius 1 is 0.875 bits per heavy atom. The summed E-state index contributed by atoms with van der Waals surface area (Å²) in [5.74, 6) is -0.230. The van der Waals surface area contributed by atoms with Gasteiger partial charge in [0.1, 0.15) is 11.5 Å². The van der Waals surface area contributed by atoms with Gasteiger partial charge in [0.05, 0.1) is 0 Å². The summed E-state index contributed by atoms with van der Waals surface area (Å²) in [7, 11) is 0. The molecule has 4 nitrogen and oxygen atoms in total. The van der Waals surface area contributed by atoms with Crippen molar-refractivity contribution >= 4 is 23.3 Å². The molecule has 3 aromatic carbocycles. The van der Waals surface area contributed by atoms with Crippen molar-refractivity contribution in [2.45, 2.75) is 11.3 Å². The topological polar surface area (TPSA) is 55.8 Å². The fourth-order valence-corrected chi connectivity index (χ4v) is 3.63. The first-order valence-corrected chi connectivity index (χ1v) is 10.5. The van der Waals surface area contributed by atoms with Crippen LogP contribution in [0.15, 0.2) is 89.8 Å². The number of carbonyl (C=O) groups is 1. The van der Waals surface area contributed by atoms with Crippen molar-refractivity contribution in [1.82, 2.24) is 0 Å². The van der Waals surface area contributed by atoms with Gasteiger partial charge in [-0.1, -0.05) is 48.5 Å². The summed E-state index contributed by atoms with van der Waals surface area (Å²) in [4.78, 5) is 11.5. The van der Waals surface area contributed by atoms with Crippen molar-refractivity contribution in [3.63, 3.8) is 0 Å². The van der Waals surface area contributed by atoms with Gasteiger partial charge in [-0.05, 0) is 53.1 Å². The molecule has 166 valence electrons. The third-order valence-corrected chi connectivity index (χ3v) is 5.15. The van der Waals surface area contributed by atoms with Crippen LogP contribution in [-0.4, -0.2) is 29.8 Å². The van der Waals surface area contributed by atoms with Crippen molar-refractivity contribution < 1.29 is 32.5 Å². The molecule has 32 heavy (non-hydrogen) atoms. The standard InChI is InChI=1S/C24H19F3O4S/c25-24(26,27)31-20-8-6-18(7-9-20)22(17-4-2-1-3-5-17)14-15-32-21-12-10-19(11-13-21)30-16-23(28)29/h1-14H,15-16H2,(H,28,29). The summed E-state index contributed by atoms with van der Waals surface area (Å²) in [6.45, 7) is -0.400. The van der Waals surface area contributed by atoms with Gasteiger partial charge in [-0.3, -0.25) is 0 Å². The molecule has 1 N–H and O–H groups in total. The van der Waals surface area contributed by atoms with Crippen molar-refractivity contribution in [3.05, 3.63) is 96.1 Å². The highest BCUT2D eigenvalue weighted by molar-refractivity contribution is 7.99. The number of rotatable bonds is 9. The third kappa shape index (κ3) is 7.39. The quantitative estimate of drug-likeness (QED) is 0.381. The average Bonchev–Trinajstić information content (AvgIpc) is 2.76. The van der Waals surface area contributed by atoms with Gasteiger partial charge >= 0.3 is 12.3 Å². The second kappa shape index (κ2) is 10.8. The molecule has 0 spiro atoms. The van der Waals surface area contributed by atoms with Crippen LogP contribution in [0.25, 0.3) is 5.57 Å². The van der Waals surface area contributed by atoms with E-state index in [4.69, 9.17) is 9.84 Å². The lowest BCUT2D eigenvalue weighted by Gasteiger charge is -2.12. The lowest BCUT2D eigenvalue weighted by molar-refractivity contribution is -0.274. The fourth-order valence-electron chi connectivity index (χ4n) is 2.85. The number of halogens is 3. The number of alkyl halides is 3. The van der Waals surface area contributed by atoms with E-state index in [9.17, 15) is 18.0 Å². The van der Waals surface area contributed by atoms with Gasteiger partial charge in [0.25, 0.3) is 0 Å². The zero-order valence-electron chi connectivity index (χ0n) is 16.7. The second-order valence-corrected chi connectivity index (χ2v) is 7.61. The van der Waals surface area contributed by atoms with E-state index in [1.54, 1.807) is 36.0 Å². The summed E-state index contributed by atoms with van der Waals surface area (Å²) < 4.78 is 46.4. The van der Waals surface area contributed by atoms with Gasteiger partial charge in [0, 0.05) is 10.6 Å². The number of carboxylic acids is 1. The zero-order valence-corrected chi connectivity index (χ0v) is 17.5. The van der Waals surface area contributed by atoms with Crippen molar-refractivity contribution in [2.24, 2.45) is 0 Å². The molecular weight excluding hydrogens is 441 g/mol. The van der Waals surface area contributed by atoms with E-state index in [-0.39, 0.29) is 5.75 Å². The Hall–Kier alpha value is -3.39. The van der Waals surface area contributed by atoms with Crippen LogP contribution in [-0.2, 0) is 4.79 Å². The number of hydrogen-bond acceptors (Lipinski definition) is 4. The molecule has 0 radical (unpaired) electrons. The molecule has 0 amide bonds. The number of carboxylic acid groups (broad SMARTS) is 1. The smallest absolute Gasteiger partial charge is 0.482 e. The first-order chi connectivity index (χ1) is 15.3. The van der Waals surface area contributed by atoms with Crippen LogP contribution in [0.1, 0.15) is 11.1 Å². The molecular formula is C24H19F3O4S. The lowest BCUT2D eigenvalue weighted by atomic mass is 9.98. The molecule has 0 saturated carbocycles. The molecule has 0 aliphatic rings. The van der Waals surface area contributed by atoms with Gasteiger partial charge in [0.2, 0.25) is 0 Å². The normalized spacial score (nSPS) is 11.8. The maximum atomic E-state index is 12.4. The highest BCUT2D eigenvalue weighted by atomic mass is 32.2. The number of benzene rings is 3. The molecule has 0 aliphatic heterocycles. The number of ether oxygens (including phenoxy) is 2. The molecule has 0 aliphatic carbocycles. The monoisotopic (exact) mass is 460 g/mol. The fraction of sp³-hybridized carbons (Fsp3) is 0.125. The molecule has 0 saturated heterocycles. The predicted octanol–water partition coefficient (Wildman–Crippen LogP) is 6.27. The third-order valence-electron chi connectivity index (χ3n) is 4.21. The van der Waals surface area contributed by atoms with E-state index in [2.05, 4.69) is 4.74 Å². The predicted molar refractivity (Wildman–Crippen MR) is 117 cm³/mol. The molecule has 0 fully saturated rings. The molecule has 0 heterocycles. The first kappa shape index (κ1) is 23.3. The Kier molecular flexibility index (Phi) is 7.83. The minimum absolute atomic E-state index is 0.270. The Bertz CT molecular complexity index is 1050. The van der Waals surface area contributed by atoms with Crippen LogP contribution in [0.4, 0.5) is 13.2 Å². The van der Waals surface area contributed by atoms with Gasteiger partial charge in [-0.25, -0.2) is 4.79 Å². The Balaban J connectivity index is 1.73. The SMILES string of the molecule is O=C(O)COc1ccc(SCC=C(c2ccccc2)c2ccc(OC(F)(F)F)cc2)cc1. The first-order valence-electron chi connectivity index (χ1n) is 9.49. The maximum Gasteiger partial charge on any atom is 0.573 e. The molecule has 0 atom stereocenters. The highest BCUT2D eigenvalue weighted by Crippen LogP contribution is 2.29. The maximum absolute atomic E-state index is 12.4. The van der Waals surface area contributed by atoms with E-state index in [1.165, 1.54) is 12.1 Å². The molecule has 0 aromatic heterocycles. The van der Waals surface area contributed by atoms with Crippen LogP contribution >= 0.6 is 11.8 Å². The van der Waals surface area contributed by atoms with Crippen molar-refractivity contribution in [3.8, 4) is 11.5 Å². The van der Waals surface area contributed by atoms with E-state index in [0.717, 1.165) is 21.6 Å². The number of thioether (sulfide) groups is 1. The molecule has 3 aromatic rings. The Morgan fingerprint density at radius 3 is 2.06 bits per heavy atom. The largest absolute Gasteiger partial charge is 0.573 e. The highest BCUT2D eigenvalue weighted by Gasteiger charge is 2.31. The Morgan fingerprint density at radius 2 is 1.47 bits per heavy atom. The van der Waals surface area contributed by atoms with Gasteiger partial charge in [-0.2, -0.15) is 0 Å². The van der Waals surface area contributed by atoms with E-state index in [0.29, 0.717) is 11.5 Å². The van der Waals surface area contributed by atoms with Crippen LogP contribution in [0.3, 0.4) is 0 Å². The zero-order chi connectivity index (χ0) is 23.0. The molecule has 8 heteroatoms. The second-order valence-electron chi connectivity index (χ2n) is 6.52. The molecule has 0 bridgehead atoms. The van der Waals surface area contributed by atoms with Gasteiger partial charge in [-0.15, -0.1) is 24.9 Å². The van der Waals surface area contributed by atoms with Crippen molar-refractivity contribution in [1.29, 1.82) is 0 Å². The van der Waals surface area contributed by atoms with Crippen LogP contribution in [0.2, 0.25) is 0 Å². The summed E-state index contributed by atoms with van der Waals surface area (Å²) in [5.41, 5.74) is 2.59. The summed E-state index contributed by atoms with van der Waals surface area (Å²) in [6.07, 6.45) is -2.72. The van der Waals surface area contributed by atoms with Crippen LogP contribution in [0.5, 0.6) is 11.5 Å². The van der Waals surface area contributed by atoms with E-state index < -0.39 is 18.9 Å². The van der Waals surface area contributed by atoms with Crippen LogP contribution in [0, 0.1) is 0 Å². The van der Waals surface area contributed by atoms with Gasteiger partial charge < -0.3 is 14.6 Å². The molecule has 3 rings (SSSR count). The number of hydrogen-bond donors (Lipinski definition) is 1. The van der Waals surface area contributed by atoms with Crippen molar-refractivity contribution in [2.75, 3.05) is 12.4 Å². The van der Waals surface area contributed by atoms with E-state index >= 15 is 0 Å². The summed E-state index contributed by atoms with van der Waals surface area (Å²) in [5, 5.41) is 8.66. The van der Waals surface area contributed by atoms with E-state index in [1.807, 2.05) is 48.5 Å². The summed E-state index contributed by atoms with van der Waals surface area (Å²) >= 11 is 1.56. The minimum Gasteiger partial charge on any atom is -0.482 e. The number of aliphatic carboxylic acids is 1. The molecule has 0 unspecified atom stereocenters. The van der Waals surface area contributed by atoms with Crippen LogP contribution < -0.4 is 9.47 Å². The van der Waals surface area contributed by atoms with Gasteiger partial charge in [0.15, 0.2) is 6.61 Å². The Labute approximate surface area is 187 Å². The summed E-state index contributed by atoms with van der Waals surface area (Å²) in [6, 6.07) is 22.4.